The van der Waals surface area contributed by atoms with Crippen LogP contribution in [0.5, 0.6) is 0 Å². The van der Waals surface area contributed by atoms with Gasteiger partial charge >= 0.3 is 0 Å². The Bertz CT molecular complexity index is 774. The number of aryl methyl sites for hydroxylation is 2. The van der Waals surface area contributed by atoms with E-state index in [4.69, 9.17) is 14.7 Å². The quantitative estimate of drug-likeness (QED) is 0.846. The van der Waals surface area contributed by atoms with E-state index < -0.39 is 0 Å². The van der Waals surface area contributed by atoms with Crippen molar-refractivity contribution in [2.24, 2.45) is 0 Å². The van der Waals surface area contributed by atoms with E-state index in [9.17, 15) is 0 Å². The molecular formula is C20H28N6OS. The monoisotopic (exact) mass is 400 g/mol. The first-order valence-electron chi connectivity index (χ1n) is 10.5. The van der Waals surface area contributed by atoms with Crippen molar-refractivity contribution < 1.29 is 4.74 Å². The molecule has 0 atom stereocenters. The van der Waals surface area contributed by atoms with Crippen LogP contribution >= 0.6 is 11.3 Å². The van der Waals surface area contributed by atoms with E-state index in [1.165, 1.54) is 41.4 Å². The Labute approximate surface area is 170 Å². The zero-order chi connectivity index (χ0) is 18.8. The number of anilines is 3. The highest BCUT2D eigenvalue weighted by molar-refractivity contribution is 7.15. The molecule has 28 heavy (non-hydrogen) atoms. The first kappa shape index (κ1) is 18.1. The van der Waals surface area contributed by atoms with Gasteiger partial charge < -0.3 is 19.9 Å². The lowest BCUT2D eigenvalue weighted by atomic mass is 10.0. The molecule has 2 aromatic rings. The normalized spacial score (nSPS) is 20.9. The van der Waals surface area contributed by atoms with Gasteiger partial charge in [0.05, 0.1) is 18.9 Å². The van der Waals surface area contributed by atoms with Crippen molar-refractivity contribution in [3.63, 3.8) is 0 Å². The summed E-state index contributed by atoms with van der Waals surface area (Å²) in [5, 5.41) is 4.87. The Hall–Kier alpha value is -1.93. The molecule has 3 aliphatic rings. The first-order valence-corrected chi connectivity index (χ1v) is 11.3. The summed E-state index contributed by atoms with van der Waals surface area (Å²) >= 11 is 1.92. The molecule has 2 aliphatic heterocycles. The minimum Gasteiger partial charge on any atom is -0.378 e. The molecule has 150 valence electrons. The van der Waals surface area contributed by atoms with Crippen LogP contribution in [-0.4, -0.2) is 60.4 Å². The molecule has 2 saturated heterocycles. The van der Waals surface area contributed by atoms with Crippen LogP contribution in [0.1, 0.15) is 36.3 Å². The molecule has 4 heterocycles. The molecule has 0 aromatic carbocycles. The molecule has 0 saturated carbocycles. The maximum absolute atomic E-state index is 5.42. The summed E-state index contributed by atoms with van der Waals surface area (Å²) in [7, 11) is 0. The lowest BCUT2D eigenvalue weighted by Crippen LogP contribution is -2.39. The summed E-state index contributed by atoms with van der Waals surface area (Å²) in [6.45, 7) is 5.34. The second-order valence-corrected chi connectivity index (χ2v) is 8.88. The van der Waals surface area contributed by atoms with Crippen LogP contribution in [0.25, 0.3) is 0 Å². The maximum Gasteiger partial charge on any atom is 0.227 e. The van der Waals surface area contributed by atoms with Crippen molar-refractivity contribution in [2.45, 2.75) is 44.6 Å². The van der Waals surface area contributed by atoms with Gasteiger partial charge in [-0.25, -0.2) is 9.97 Å². The summed E-state index contributed by atoms with van der Waals surface area (Å²) in [5.41, 5.74) is 1.36. The molecule has 0 spiro atoms. The Balaban J connectivity index is 1.18. The van der Waals surface area contributed by atoms with Gasteiger partial charge in [-0.15, -0.1) is 11.3 Å². The number of piperidine rings is 1. The van der Waals surface area contributed by atoms with E-state index in [0.717, 1.165) is 64.0 Å². The number of hydrogen-bond acceptors (Lipinski definition) is 8. The average Bonchev–Trinajstić information content (AvgIpc) is 3.19. The van der Waals surface area contributed by atoms with Crippen LogP contribution in [0, 0.1) is 0 Å². The summed E-state index contributed by atoms with van der Waals surface area (Å²) in [6.07, 6.45) is 9.10. The van der Waals surface area contributed by atoms with Crippen molar-refractivity contribution in [1.29, 1.82) is 0 Å². The number of morpholine rings is 1. The fourth-order valence-corrected chi connectivity index (χ4v) is 5.44. The molecule has 8 heteroatoms. The highest BCUT2D eigenvalue weighted by atomic mass is 32.1. The molecule has 7 nitrogen and oxygen atoms in total. The predicted octanol–water partition coefficient (Wildman–Crippen LogP) is 2.73. The van der Waals surface area contributed by atoms with Crippen LogP contribution in [0.2, 0.25) is 0 Å². The van der Waals surface area contributed by atoms with Gasteiger partial charge in [-0.3, -0.25) is 0 Å². The Morgan fingerprint density at radius 1 is 1.00 bits per heavy atom. The minimum absolute atomic E-state index is 0.457. The molecule has 0 amide bonds. The van der Waals surface area contributed by atoms with Crippen molar-refractivity contribution in [1.82, 2.24) is 15.0 Å². The lowest BCUT2D eigenvalue weighted by molar-refractivity contribution is 0.122. The van der Waals surface area contributed by atoms with Gasteiger partial charge in [0.25, 0.3) is 0 Å². The molecule has 2 aromatic heterocycles. The van der Waals surface area contributed by atoms with Crippen LogP contribution in [-0.2, 0) is 17.6 Å². The summed E-state index contributed by atoms with van der Waals surface area (Å²) in [5.74, 6) is 1.73. The predicted molar refractivity (Wildman–Crippen MR) is 113 cm³/mol. The smallest absolute Gasteiger partial charge is 0.227 e. The summed E-state index contributed by atoms with van der Waals surface area (Å²) < 4.78 is 5.42. The largest absolute Gasteiger partial charge is 0.378 e. The molecule has 2 fully saturated rings. The Kier molecular flexibility index (Phi) is 5.31. The molecule has 0 radical (unpaired) electrons. The van der Waals surface area contributed by atoms with E-state index in [1.54, 1.807) is 0 Å². The Morgan fingerprint density at radius 2 is 1.82 bits per heavy atom. The number of hydrogen-bond donors (Lipinski definition) is 1. The number of thiazole rings is 1. The number of nitrogens with zero attached hydrogens (tertiary/aromatic N) is 5. The van der Waals surface area contributed by atoms with Gasteiger partial charge in [-0.1, -0.05) is 0 Å². The second kappa shape index (κ2) is 8.21. The fraction of sp³-hybridized carbons (Fsp3) is 0.650. The number of nitrogens with one attached hydrogen (secondary N) is 1. The molecule has 0 unspecified atom stereocenters. The van der Waals surface area contributed by atoms with E-state index in [0.29, 0.717) is 6.04 Å². The highest BCUT2D eigenvalue weighted by Gasteiger charge is 2.24. The average molecular weight is 401 g/mol. The van der Waals surface area contributed by atoms with Crippen LogP contribution in [0.15, 0.2) is 12.3 Å². The number of aromatic nitrogens is 3. The molecule has 1 aliphatic carbocycles. The number of rotatable bonds is 4. The van der Waals surface area contributed by atoms with E-state index in [-0.39, 0.29) is 0 Å². The zero-order valence-electron chi connectivity index (χ0n) is 16.3. The molecule has 5 rings (SSSR count). The van der Waals surface area contributed by atoms with Crippen LogP contribution in [0.4, 0.5) is 16.9 Å². The van der Waals surface area contributed by atoms with Gasteiger partial charge in [0.1, 0.15) is 5.82 Å². The first-order chi connectivity index (χ1) is 13.8. The van der Waals surface area contributed by atoms with Gasteiger partial charge in [-0.05, 0) is 44.6 Å². The summed E-state index contributed by atoms with van der Waals surface area (Å²) in [4.78, 5) is 20.3. The maximum atomic E-state index is 5.42. The number of ether oxygens (including phenoxy) is 1. The Morgan fingerprint density at radius 3 is 2.64 bits per heavy atom. The zero-order valence-corrected chi connectivity index (χ0v) is 17.1. The molecule has 0 bridgehead atoms. The molecule has 1 N–H and O–H groups in total. The van der Waals surface area contributed by atoms with E-state index in [1.807, 2.05) is 23.6 Å². The van der Waals surface area contributed by atoms with Crippen molar-refractivity contribution in [3.8, 4) is 0 Å². The van der Waals surface area contributed by atoms with Crippen LogP contribution < -0.4 is 15.1 Å². The topological polar surface area (TPSA) is 66.4 Å². The van der Waals surface area contributed by atoms with Gasteiger partial charge in [0, 0.05) is 43.3 Å². The van der Waals surface area contributed by atoms with Gasteiger partial charge in [0.15, 0.2) is 5.13 Å². The highest BCUT2D eigenvalue weighted by Crippen LogP contribution is 2.33. The second-order valence-electron chi connectivity index (χ2n) is 7.82. The number of fused-ring (bicyclic) bond motifs is 1. The third-order valence-electron chi connectivity index (χ3n) is 5.89. The SMILES string of the molecule is c1cc(NC2CCN(c3nc4c(s3)CCCC4)CC2)nc(N2CCOCC2)n1. The molecular weight excluding hydrogens is 372 g/mol. The van der Waals surface area contributed by atoms with Crippen LogP contribution in [0.3, 0.4) is 0 Å². The summed E-state index contributed by atoms with van der Waals surface area (Å²) in [6, 6.07) is 2.43. The van der Waals surface area contributed by atoms with Crippen molar-refractivity contribution >= 4 is 28.2 Å². The fourth-order valence-electron chi connectivity index (χ4n) is 4.24. The van der Waals surface area contributed by atoms with Crippen molar-refractivity contribution in [3.05, 3.63) is 22.8 Å². The van der Waals surface area contributed by atoms with Gasteiger partial charge in [-0.2, -0.15) is 4.98 Å². The third-order valence-corrected chi connectivity index (χ3v) is 7.11. The van der Waals surface area contributed by atoms with Gasteiger partial charge in [0.2, 0.25) is 5.95 Å². The lowest BCUT2D eigenvalue weighted by Gasteiger charge is -2.32. The minimum atomic E-state index is 0.457. The van der Waals surface area contributed by atoms with E-state index in [2.05, 4.69) is 20.1 Å². The third kappa shape index (κ3) is 3.93. The standard InChI is InChI=1S/C20H28N6OS/c1-2-4-17-16(3-1)23-20(28-17)26-9-6-15(7-10-26)22-18-5-8-21-19(24-18)25-11-13-27-14-12-25/h5,8,15H,1-4,6-7,9-14H2,(H,21,22,24). The van der Waals surface area contributed by atoms with Crippen molar-refractivity contribution in [2.75, 3.05) is 54.5 Å². The van der Waals surface area contributed by atoms with E-state index >= 15 is 0 Å².